The summed E-state index contributed by atoms with van der Waals surface area (Å²) in [5, 5.41) is 21.8. The SMILES string of the molecule is CN[C@@H](Cc1cn(CCOCCOCCOCCOCCOCCNC(=O)COCC(=O)N[C@@H](CCCNC(N)=O)C(=O)Nc2ccc(COC(=O)C(C)(C)C)cc2)nn1)C(=O)C(C)(C)C. The van der Waals surface area contributed by atoms with E-state index in [2.05, 4.69) is 36.9 Å². The van der Waals surface area contributed by atoms with Crippen molar-refractivity contribution in [1.82, 2.24) is 36.3 Å². The highest BCUT2D eigenvalue weighted by Crippen LogP contribution is 2.19. The second kappa shape index (κ2) is 31.8. The number of hydrogen-bond donors (Lipinski definition) is 6. The summed E-state index contributed by atoms with van der Waals surface area (Å²) in [6.45, 7) is 14.9. The molecule has 22 nitrogen and oxygen atoms in total. The number of ketones is 1. The Hall–Kier alpha value is -5.10. The first kappa shape index (κ1) is 57.0. The van der Waals surface area contributed by atoms with Gasteiger partial charge in [0.2, 0.25) is 17.7 Å². The first-order chi connectivity index (χ1) is 31.4. The van der Waals surface area contributed by atoms with E-state index in [9.17, 15) is 28.8 Å². The van der Waals surface area contributed by atoms with E-state index in [1.807, 2.05) is 27.0 Å². The number of rotatable bonds is 35. The van der Waals surface area contributed by atoms with E-state index in [1.54, 1.807) is 56.8 Å². The fourth-order valence-corrected chi connectivity index (χ4v) is 5.59. The minimum absolute atomic E-state index is 0.0770. The van der Waals surface area contributed by atoms with Gasteiger partial charge < -0.3 is 65.5 Å². The molecule has 1 aromatic heterocycles. The van der Waals surface area contributed by atoms with Crippen LogP contribution < -0.4 is 32.3 Å². The molecule has 0 aliphatic heterocycles. The normalized spacial score (nSPS) is 12.5. The van der Waals surface area contributed by atoms with Crippen LogP contribution in [-0.4, -0.2) is 162 Å². The highest BCUT2D eigenvalue weighted by Gasteiger charge is 2.29. The standard InChI is InChI=1S/C44H73N9O13/c1-43(2,3)39(56)36(46-7)27-34-28-53(52-51-34)16-18-61-20-22-63-24-26-64-25-23-62-21-19-60-17-15-47-37(54)30-65-31-38(55)50-35(9-8-14-48-42(45)59)40(57)49-33-12-10-32(11-13-33)29-66-41(58)44(4,5)6/h10-13,28,35-36,46H,8-9,14-27,29-31H2,1-7H3,(H,47,54)(H,49,57)(H,50,55)(H3,45,48,59)/t35-,36-/m0/s1. The number of anilines is 1. The summed E-state index contributed by atoms with van der Waals surface area (Å²) in [7, 11) is 1.77. The zero-order chi connectivity index (χ0) is 48.8. The number of nitrogens with one attached hydrogen (secondary N) is 5. The van der Waals surface area contributed by atoms with Crippen LogP contribution in [0.25, 0.3) is 0 Å². The van der Waals surface area contributed by atoms with Gasteiger partial charge in [-0.25, -0.2) is 9.48 Å². The van der Waals surface area contributed by atoms with Crippen LogP contribution in [0.15, 0.2) is 30.5 Å². The van der Waals surface area contributed by atoms with Gasteiger partial charge in [-0.3, -0.25) is 24.0 Å². The largest absolute Gasteiger partial charge is 0.460 e. The molecule has 372 valence electrons. The van der Waals surface area contributed by atoms with Crippen molar-refractivity contribution in [2.75, 3.05) is 105 Å². The molecule has 66 heavy (non-hydrogen) atoms. The molecule has 0 fully saturated rings. The van der Waals surface area contributed by atoms with Crippen molar-refractivity contribution in [3.63, 3.8) is 0 Å². The molecule has 1 aromatic carbocycles. The van der Waals surface area contributed by atoms with Crippen LogP contribution in [0.1, 0.15) is 65.6 Å². The molecule has 2 atom stereocenters. The summed E-state index contributed by atoms with van der Waals surface area (Å²) in [6.07, 6.45) is 2.80. The number of hydrogen-bond acceptors (Lipinski definition) is 16. The van der Waals surface area contributed by atoms with E-state index in [0.29, 0.717) is 84.5 Å². The minimum atomic E-state index is -0.987. The van der Waals surface area contributed by atoms with Crippen LogP contribution >= 0.6 is 0 Å². The number of amides is 5. The number of benzene rings is 1. The summed E-state index contributed by atoms with van der Waals surface area (Å²) in [5.41, 5.74) is 5.96. The Balaban J connectivity index is 1.48. The molecule has 0 spiro atoms. The van der Waals surface area contributed by atoms with E-state index >= 15 is 0 Å². The molecule has 1 heterocycles. The lowest BCUT2D eigenvalue weighted by Gasteiger charge is -2.23. The summed E-state index contributed by atoms with van der Waals surface area (Å²) in [5.74, 6) is -1.80. The highest BCUT2D eigenvalue weighted by atomic mass is 16.6. The Bertz CT molecular complexity index is 1750. The smallest absolute Gasteiger partial charge is 0.312 e. The maximum absolute atomic E-state index is 13.1. The zero-order valence-corrected chi connectivity index (χ0v) is 39.7. The van der Waals surface area contributed by atoms with Crippen molar-refractivity contribution in [2.24, 2.45) is 16.6 Å². The van der Waals surface area contributed by atoms with Crippen molar-refractivity contribution >= 4 is 41.2 Å². The summed E-state index contributed by atoms with van der Waals surface area (Å²) in [6, 6.07) is 4.68. The summed E-state index contributed by atoms with van der Waals surface area (Å²) < 4.78 is 39.9. The molecular weight excluding hydrogens is 863 g/mol. The first-order valence-corrected chi connectivity index (χ1v) is 22.1. The number of carbonyl (C=O) groups excluding carboxylic acids is 6. The monoisotopic (exact) mass is 936 g/mol. The van der Waals surface area contributed by atoms with Gasteiger partial charge in [-0.05, 0) is 58.4 Å². The Labute approximate surface area is 387 Å². The number of likely N-dealkylation sites (N-methyl/N-ethyl adjacent to an activating group) is 1. The van der Waals surface area contributed by atoms with E-state index in [1.165, 1.54) is 0 Å². The van der Waals surface area contributed by atoms with Crippen LogP contribution in [0.2, 0.25) is 0 Å². The minimum Gasteiger partial charge on any atom is -0.460 e. The second-order valence-electron chi connectivity index (χ2n) is 17.1. The third-order valence-electron chi connectivity index (χ3n) is 9.22. The first-order valence-electron chi connectivity index (χ1n) is 22.1. The van der Waals surface area contributed by atoms with E-state index in [4.69, 9.17) is 38.9 Å². The number of nitrogens with two attached hydrogens (primary N) is 1. The zero-order valence-electron chi connectivity index (χ0n) is 39.7. The number of esters is 1. The second-order valence-corrected chi connectivity index (χ2v) is 17.1. The summed E-state index contributed by atoms with van der Waals surface area (Å²) in [4.78, 5) is 73.7. The van der Waals surface area contributed by atoms with Crippen molar-refractivity contribution in [3.05, 3.63) is 41.7 Å². The molecule has 7 N–H and O–H groups in total. The Kier molecular flexibility index (Phi) is 27.4. The average Bonchev–Trinajstić information content (AvgIpc) is 3.71. The molecule has 5 amide bonds. The van der Waals surface area contributed by atoms with Crippen LogP contribution in [0.5, 0.6) is 0 Å². The molecule has 0 aliphatic carbocycles. The van der Waals surface area contributed by atoms with Crippen LogP contribution in [0.4, 0.5) is 10.5 Å². The predicted molar refractivity (Wildman–Crippen MR) is 242 cm³/mol. The number of nitrogens with zero attached hydrogens (tertiary/aromatic N) is 3. The quantitative estimate of drug-likeness (QED) is 0.0414. The third-order valence-corrected chi connectivity index (χ3v) is 9.22. The highest BCUT2D eigenvalue weighted by molar-refractivity contribution is 5.97. The Morgan fingerprint density at radius 3 is 1.83 bits per heavy atom. The average molecular weight is 936 g/mol. The van der Waals surface area contributed by atoms with Crippen molar-refractivity contribution < 1.29 is 61.9 Å². The van der Waals surface area contributed by atoms with Crippen LogP contribution in [0, 0.1) is 10.8 Å². The number of Topliss-reactive ketones (excluding diaryl/α,β-unsaturated/α-hetero) is 1. The van der Waals surface area contributed by atoms with Gasteiger partial charge in [0.05, 0.1) is 89.8 Å². The van der Waals surface area contributed by atoms with Gasteiger partial charge in [0.1, 0.15) is 25.9 Å². The lowest BCUT2D eigenvalue weighted by atomic mass is 9.85. The fourth-order valence-electron chi connectivity index (χ4n) is 5.59. The van der Waals surface area contributed by atoms with Gasteiger partial charge >= 0.3 is 12.0 Å². The van der Waals surface area contributed by atoms with Crippen molar-refractivity contribution in [1.29, 1.82) is 0 Å². The van der Waals surface area contributed by atoms with E-state index in [-0.39, 0.29) is 57.1 Å². The molecule has 0 unspecified atom stereocenters. The Morgan fingerprint density at radius 2 is 1.27 bits per heavy atom. The predicted octanol–water partition coefficient (Wildman–Crippen LogP) is 0.901. The lowest BCUT2D eigenvalue weighted by Crippen LogP contribution is -2.46. The van der Waals surface area contributed by atoms with Gasteiger partial charge in [0.15, 0.2) is 5.78 Å². The van der Waals surface area contributed by atoms with Gasteiger partial charge in [0.25, 0.3) is 0 Å². The molecule has 0 saturated heterocycles. The van der Waals surface area contributed by atoms with Gasteiger partial charge in [-0.15, -0.1) is 5.10 Å². The van der Waals surface area contributed by atoms with Crippen molar-refractivity contribution in [2.45, 2.75) is 86.0 Å². The number of primary amides is 1. The molecule has 0 saturated carbocycles. The van der Waals surface area contributed by atoms with Crippen LogP contribution in [-0.2, 0) is 76.7 Å². The van der Waals surface area contributed by atoms with E-state index in [0.717, 1.165) is 11.3 Å². The van der Waals surface area contributed by atoms with Gasteiger partial charge in [-0.1, -0.05) is 38.1 Å². The van der Waals surface area contributed by atoms with E-state index < -0.39 is 47.2 Å². The number of ether oxygens (including phenoxy) is 7. The topological polar surface area (TPSA) is 284 Å². The molecule has 0 aliphatic rings. The summed E-state index contributed by atoms with van der Waals surface area (Å²) >= 11 is 0. The molecule has 0 radical (unpaired) electrons. The van der Waals surface area contributed by atoms with Crippen molar-refractivity contribution in [3.8, 4) is 0 Å². The number of aromatic nitrogens is 3. The fraction of sp³-hybridized carbons (Fsp3) is 0.682. The maximum Gasteiger partial charge on any atom is 0.312 e. The molecule has 2 rings (SSSR count). The van der Waals surface area contributed by atoms with Gasteiger partial charge in [0, 0.05) is 36.8 Å². The Morgan fingerprint density at radius 1 is 0.697 bits per heavy atom. The molecule has 2 aromatic rings. The third kappa shape index (κ3) is 26.1. The van der Waals surface area contributed by atoms with Crippen LogP contribution in [0.3, 0.4) is 0 Å². The molecule has 22 heteroatoms. The molecule has 0 bridgehead atoms. The van der Waals surface area contributed by atoms with Gasteiger partial charge in [-0.2, -0.15) is 0 Å². The maximum atomic E-state index is 13.1. The number of urea groups is 1. The lowest BCUT2D eigenvalue weighted by molar-refractivity contribution is -0.154. The number of carbonyl (C=O) groups is 6. The molecular formula is C44H73N9O13.